The van der Waals surface area contributed by atoms with Crippen molar-refractivity contribution in [1.82, 2.24) is 4.57 Å². The second-order valence-corrected chi connectivity index (χ2v) is 13.5. The minimum atomic E-state index is -0.0740. The molecule has 10 rings (SSSR count). The smallest absolute Gasteiger partial charge is 0.333 e. The van der Waals surface area contributed by atoms with Gasteiger partial charge in [0.2, 0.25) is 0 Å². The van der Waals surface area contributed by atoms with E-state index in [2.05, 4.69) is 152 Å². The molecular weight excluding hydrogens is 531 g/mol. The van der Waals surface area contributed by atoms with Crippen molar-refractivity contribution in [3.8, 4) is 27.9 Å². The number of rotatable bonds is 1. The summed E-state index contributed by atoms with van der Waals surface area (Å²) in [4.78, 5) is 2.71. The standard InChI is InChI=1S/C41H31BN2/c1-24-22-30-28-20-21-32-37(29-14-6-8-16-31(29)41(32,3)4)40(28)44(34-18-9-5-12-25(34)2)42-33-17-11-15-27-26-13-7-10-19-35(26)43(39(27)33)36(23-24)38(30)42/h5-23H,1-4H3. The molecule has 1 aromatic heterocycles. The number of anilines is 2. The van der Waals surface area contributed by atoms with Crippen LogP contribution in [0.3, 0.4) is 0 Å². The molecule has 208 valence electrons. The first-order chi connectivity index (χ1) is 21.4. The first kappa shape index (κ1) is 24.4. The normalized spacial score (nSPS) is 14.9. The second-order valence-electron chi connectivity index (χ2n) is 13.5. The molecule has 3 aliphatic rings. The average molecular weight is 563 g/mol. The summed E-state index contributed by atoms with van der Waals surface area (Å²) in [5, 5.41) is 2.64. The Balaban J connectivity index is 1.44. The van der Waals surface area contributed by atoms with E-state index < -0.39 is 0 Å². The van der Waals surface area contributed by atoms with Gasteiger partial charge < -0.3 is 9.38 Å². The van der Waals surface area contributed by atoms with Crippen LogP contribution < -0.4 is 15.7 Å². The monoisotopic (exact) mass is 562 g/mol. The minimum absolute atomic E-state index is 0.0390. The summed E-state index contributed by atoms with van der Waals surface area (Å²) in [5.41, 5.74) is 20.1. The van der Waals surface area contributed by atoms with E-state index in [9.17, 15) is 0 Å². The van der Waals surface area contributed by atoms with Crippen LogP contribution in [0, 0.1) is 13.8 Å². The molecule has 0 N–H and O–H groups in total. The topological polar surface area (TPSA) is 8.17 Å². The zero-order valence-corrected chi connectivity index (χ0v) is 25.4. The fourth-order valence-electron chi connectivity index (χ4n) is 8.88. The number of hydrogen-bond acceptors (Lipinski definition) is 1. The van der Waals surface area contributed by atoms with E-state index >= 15 is 0 Å². The average Bonchev–Trinajstić information content (AvgIpc) is 3.50. The first-order valence-electron chi connectivity index (χ1n) is 15.7. The summed E-state index contributed by atoms with van der Waals surface area (Å²) in [7, 11) is 0. The Bertz CT molecular complexity index is 2410. The molecule has 1 aliphatic carbocycles. The fourth-order valence-corrected chi connectivity index (χ4v) is 8.88. The third-order valence-electron chi connectivity index (χ3n) is 10.7. The summed E-state index contributed by atoms with van der Waals surface area (Å²) in [5.74, 6) is 0. The predicted octanol–water partition coefficient (Wildman–Crippen LogP) is 8.94. The number of fused-ring (bicyclic) bond motifs is 11. The highest BCUT2D eigenvalue weighted by atomic mass is 15.1. The van der Waals surface area contributed by atoms with Gasteiger partial charge in [-0.1, -0.05) is 111 Å². The third kappa shape index (κ3) is 2.79. The van der Waals surface area contributed by atoms with Gasteiger partial charge in [0.15, 0.2) is 0 Å². The summed E-state index contributed by atoms with van der Waals surface area (Å²) in [6.07, 6.45) is 0. The van der Waals surface area contributed by atoms with Crippen molar-refractivity contribution in [2.75, 3.05) is 4.81 Å². The van der Waals surface area contributed by atoms with Crippen LogP contribution in [0.25, 0.3) is 49.7 Å². The number of aryl methyl sites for hydroxylation is 2. The number of para-hydroxylation sites is 3. The molecule has 2 nitrogen and oxygen atoms in total. The molecule has 0 unspecified atom stereocenters. The number of benzene rings is 6. The lowest BCUT2D eigenvalue weighted by Gasteiger charge is -2.44. The van der Waals surface area contributed by atoms with Gasteiger partial charge in [-0.2, -0.15) is 0 Å². The lowest BCUT2D eigenvalue weighted by molar-refractivity contribution is 0.660. The number of nitrogens with zero attached hydrogens (tertiary/aromatic N) is 2. The van der Waals surface area contributed by atoms with Gasteiger partial charge in [0, 0.05) is 44.4 Å². The first-order valence-corrected chi connectivity index (χ1v) is 15.7. The van der Waals surface area contributed by atoms with Crippen molar-refractivity contribution < 1.29 is 0 Å². The number of aromatic nitrogens is 1. The number of hydrogen-bond donors (Lipinski definition) is 0. The summed E-state index contributed by atoms with van der Waals surface area (Å²) in [6.45, 7) is 9.34. The van der Waals surface area contributed by atoms with Crippen molar-refractivity contribution in [1.29, 1.82) is 0 Å². The SMILES string of the molecule is Cc1cc2c3c(c1)-n1c4ccccc4c4cccc(c41)B3N(c1ccccc1C)c1c-2ccc2c1-c1ccccc1C2(C)C. The van der Waals surface area contributed by atoms with Crippen LogP contribution in [0.2, 0.25) is 0 Å². The Hall–Kier alpha value is -5.02. The predicted molar refractivity (Wildman–Crippen MR) is 187 cm³/mol. The maximum atomic E-state index is 2.71. The molecular formula is C41H31BN2. The van der Waals surface area contributed by atoms with Gasteiger partial charge in [0.25, 0.3) is 0 Å². The van der Waals surface area contributed by atoms with E-state index in [-0.39, 0.29) is 12.3 Å². The van der Waals surface area contributed by atoms with Crippen LogP contribution in [0.5, 0.6) is 0 Å². The highest BCUT2D eigenvalue weighted by Crippen LogP contribution is 2.57. The van der Waals surface area contributed by atoms with E-state index in [1.54, 1.807) is 0 Å². The van der Waals surface area contributed by atoms with E-state index in [4.69, 9.17) is 0 Å². The van der Waals surface area contributed by atoms with Crippen LogP contribution in [0.15, 0.2) is 115 Å². The van der Waals surface area contributed by atoms with Crippen LogP contribution >= 0.6 is 0 Å². The quantitative estimate of drug-likeness (QED) is 0.181. The summed E-state index contributed by atoms with van der Waals surface area (Å²) in [6, 6.07) is 43.6. The van der Waals surface area contributed by atoms with Gasteiger partial charge in [-0.25, -0.2) is 0 Å². The molecule has 0 fully saturated rings. The molecule has 0 bridgehead atoms. The summed E-state index contributed by atoms with van der Waals surface area (Å²) < 4.78 is 2.55. The van der Waals surface area contributed by atoms with Gasteiger partial charge >= 0.3 is 6.85 Å². The molecule has 0 amide bonds. The van der Waals surface area contributed by atoms with Gasteiger partial charge in [-0.15, -0.1) is 0 Å². The molecule has 0 atom stereocenters. The molecule has 3 heterocycles. The molecule has 0 radical (unpaired) electrons. The van der Waals surface area contributed by atoms with Crippen molar-refractivity contribution >= 4 is 51.0 Å². The molecule has 6 aromatic carbocycles. The zero-order chi connectivity index (χ0) is 29.5. The summed E-state index contributed by atoms with van der Waals surface area (Å²) >= 11 is 0. The molecule has 0 saturated carbocycles. The van der Waals surface area contributed by atoms with Gasteiger partial charge in [-0.05, 0) is 76.4 Å². The van der Waals surface area contributed by atoms with Crippen LogP contribution in [-0.2, 0) is 5.41 Å². The highest BCUT2D eigenvalue weighted by molar-refractivity contribution is 6.93. The molecule has 7 aromatic rings. The maximum absolute atomic E-state index is 2.71. The minimum Gasteiger partial charge on any atom is -0.376 e. The molecule has 0 spiro atoms. The Morgan fingerprint density at radius 1 is 0.614 bits per heavy atom. The van der Waals surface area contributed by atoms with Gasteiger partial charge in [0.1, 0.15) is 0 Å². The van der Waals surface area contributed by atoms with Crippen LogP contribution in [0.1, 0.15) is 36.1 Å². The fraction of sp³-hybridized carbons (Fsp3) is 0.122. The Morgan fingerprint density at radius 3 is 2.27 bits per heavy atom. The lowest BCUT2D eigenvalue weighted by Crippen LogP contribution is -2.61. The van der Waals surface area contributed by atoms with E-state index in [1.807, 2.05) is 0 Å². The van der Waals surface area contributed by atoms with Crippen molar-refractivity contribution in [2.24, 2.45) is 0 Å². The van der Waals surface area contributed by atoms with Crippen molar-refractivity contribution in [3.63, 3.8) is 0 Å². The third-order valence-corrected chi connectivity index (χ3v) is 10.7. The van der Waals surface area contributed by atoms with E-state index in [1.165, 1.54) is 94.3 Å². The van der Waals surface area contributed by atoms with Crippen LogP contribution in [0.4, 0.5) is 11.4 Å². The molecule has 3 heteroatoms. The molecule has 2 aliphatic heterocycles. The van der Waals surface area contributed by atoms with Gasteiger partial charge in [-0.3, -0.25) is 0 Å². The van der Waals surface area contributed by atoms with E-state index in [0.29, 0.717) is 0 Å². The molecule has 44 heavy (non-hydrogen) atoms. The molecule has 0 saturated heterocycles. The van der Waals surface area contributed by atoms with Crippen LogP contribution in [-0.4, -0.2) is 11.4 Å². The Morgan fingerprint density at radius 2 is 1.39 bits per heavy atom. The van der Waals surface area contributed by atoms with Crippen molar-refractivity contribution in [2.45, 2.75) is 33.1 Å². The highest BCUT2D eigenvalue weighted by Gasteiger charge is 2.47. The Kier molecular flexibility index (Phi) is 4.51. The lowest BCUT2D eigenvalue weighted by atomic mass is 9.43. The van der Waals surface area contributed by atoms with E-state index in [0.717, 1.165) is 0 Å². The second kappa shape index (κ2) is 8.12. The largest absolute Gasteiger partial charge is 0.376 e. The maximum Gasteiger partial charge on any atom is 0.333 e. The van der Waals surface area contributed by atoms with Crippen molar-refractivity contribution in [3.05, 3.63) is 138 Å². The Labute approximate surface area is 258 Å². The van der Waals surface area contributed by atoms with Gasteiger partial charge in [0.05, 0.1) is 11.0 Å². The zero-order valence-electron chi connectivity index (χ0n) is 25.4.